The van der Waals surface area contributed by atoms with Crippen LogP contribution in [0, 0.1) is 50.0 Å². The molecule has 0 heterocycles. The Kier molecular flexibility index (Phi) is 7.82. The molecule has 0 unspecified atom stereocenters. The predicted octanol–water partition coefficient (Wildman–Crippen LogP) is 1.64. The smallest absolute Gasteiger partial charge is 0.527 e. The third kappa shape index (κ3) is 4.24. The van der Waals surface area contributed by atoms with Crippen LogP contribution in [0.3, 0.4) is 0 Å². The van der Waals surface area contributed by atoms with E-state index in [1.807, 2.05) is 0 Å². The molecule has 0 spiro atoms. The molecule has 0 fully saturated rings. The zero-order valence-corrected chi connectivity index (χ0v) is 10.4. The summed E-state index contributed by atoms with van der Waals surface area (Å²) in [4.78, 5) is 0. The minimum Gasteiger partial charge on any atom is -0.527 e. The Morgan fingerprint density at radius 1 is 1.55 bits per heavy atom. The third-order valence-corrected chi connectivity index (χ3v) is 0.963. The molecule has 3 heteroatoms. The van der Waals surface area contributed by atoms with Crippen molar-refractivity contribution in [1.82, 2.24) is 0 Å². The maximum Gasteiger partial charge on any atom is 2.00 e. The Balaban J connectivity index is 0. The van der Waals surface area contributed by atoms with Crippen LogP contribution in [0.5, 0.6) is 5.75 Å². The van der Waals surface area contributed by atoms with Gasteiger partial charge in [0, 0.05) is 5.75 Å². The first kappa shape index (κ1) is 13.3. The molecule has 0 atom stereocenters. The van der Waals surface area contributed by atoms with Crippen LogP contribution in [-0.4, -0.2) is 11.3 Å². The molecule has 0 aliphatic rings. The van der Waals surface area contributed by atoms with Crippen molar-refractivity contribution >= 4 is 6.21 Å². The molecule has 0 saturated carbocycles. The van der Waals surface area contributed by atoms with Gasteiger partial charge >= 0.3 is 31.1 Å². The molecule has 56 valence electrons. The molecule has 1 aromatic rings. The van der Waals surface area contributed by atoms with Gasteiger partial charge in [0.05, 0.1) is 0 Å². The summed E-state index contributed by atoms with van der Waals surface area (Å²) in [5.74, 6) is 0.173. The summed E-state index contributed by atoms with van der Waals surface area (Å²) in [6, 6.07) is 7.33. The van der Waals surface area contributed by atoms with E-state index in [1.165, 1.54) is 12.1 Å². The van der Waals surface area contributed by atoms with Crippen molar-refractivity contribution in [3.63, 3.8) is 0 Å². The predicted molar refractivity (Wildman–Crippen MR) is 41.2 cm³/mol. The largest absolute Gasteiger partial charge is 2.00 e. The van der Waals surface area contributed by atoms with E-state index in [2.05, 4.69) is 6.07 Å². The number of phenols is 1. The first-order chi connectivity index (χ1) is 4.33. The van der Waals surface area contributed by atoms with Gasteiger partial charge in [0.2, 0.25) is 0 Å². The van der Waals surface area contributed by atoms with Crippen molar-refractivity contribution in [3.05, 3.63) is 37.3 Å². The zero-order valence-electron chi connectivity index (χ0n) is 6.26. The number of phenolic OH excluding ortho intramolecular Hbond substituents is 1. The Hall–Kier alpha value is -0.258. The van der Waals surface area contributed by atoms with Crippen LogP contribution in [0.15, 0.2) is 18.2 Å². The van der Waals surface area contributed by atoms with Gasteiger partial charge in [-0.2, -0.15) is 0 Å². The van der Waals surface area contributed by atoms with Crippen molar-refractivity contribution < 1.29 is 36.2 Å². The summed E-state index contributed by atoms with van der Waals surface area (Å²) in [5.41, 5.74) is 0.593. The average Bonchev–Trinajstić information content (AvgIpc) is 1.88. The molecule has 0 aromatic heterocycles. The summed E-state index contributed by atoms with van der Waals surface area (Å²) in [7, 11) is 0. The molecular formula is C8H9NOU. The maximum absolute atomic E-state index is 8.82. The standard InChI is InChI=1S/C7H6NO.CH3.U/c8-5-6-2-1-3-7(9)4-6;;/h1,3-5,8-9H;1H3;/q2*-1;+2. The van der Waals surface area contributed by atoms with Gasteiger partial charge in [0.1, 0.15) is 0 Å². The van der Waals surface area contributed by atoms with Crippen molar-refractivity contribution in [2.24, 2.45) is 0 Å². The first-order valence-electron chi connectivity index (χ1n) is 2.54. The van der Waals surface area contributed by atoms with E-state index in [9.17, 15) is 0 Å². The molecule has 1 aromatic carbocycles. The second kappa shape index (κ2) is 6.45. The third-order valence-electron chi connectivity index (χ3n) is 0.963. The number of hydrogen-bond acceptors (Lipinski definition) is 2. The van der Waals surface area contributed by atoms with Gasteiger partial charge in [0.25, 0.3) is 0 Å². The fourth-order valence-corrected chi connectivity index (χ4v) is 0.556. The molecule has 2 N–H and O–H groups in total. The van der Waals surface area contributed by atoms with Crippen molar-refractivity contribution in [2.75, 3.05) is 0 Å². The van der Waals surface area contributed by atoms with Crippen LogP contribution in [0.2, 0.25) is 0 Å². The van der Waals surface area contributed by atoms with E-state index >= 15 is 0 Å². The van der Waals surface area contributed by atoms with E-state index in [4.69, 9.17) is 10.5 Å². The molecule has 0 radical (unpaired) electrons. The fraction of sp³-hybridized carbons (Fsp3) is 0. The van der Waals surface area contributed by atoms with Gasteiger partial charge in [-0.25, -0.2) is 0 Å². The van der Waals surface area contributed by atoms with Crippen LogP contribution in [0.25, 0.3) is 0 Å². The van der Waals surface area contributed by atoms with Crippen LogP contribution in [-0.2, 0) is 0 Å². The summed E-state index contributed by atoms with van der Waals surface area (Å²) in [6.45, 7) is 0. The average molecular weight is 373 g/mol. The molecule has 0 bridgehead atoms. The normalized spacial score (nSPS) is 7.27. The summed E-state index contributed by atoms with van der Waals surface area (Å²) < 4.78 is 0. The molecule has 1 rings (SSSR count). The van der Waals surface area contributed by atoms with Crippen LogP contribution >= 0.6 is 0 Å². The van der Waals surface area contributed by atoms with Crippen molar-refractivity contribution in [2.45, 2.75) is 0 Å². The number of rotatable bonds is 1. The van der Waals surface area contributed by atoms with Gasteiger partial charge in [-0.3, -0.25) is 0 Å². The van der Waals surface area contributed by atoms with Crippen LogP contribution < -0.4 is 0 Å². The minimum absolute atomic E-state index is 0. The van der Waals surface area contributed by atoms with Crippen LogP contribution in [0.4, 0.5) is 0 Å². The molecule has 0 aliphatic carbocycles. The number of hydrogen-bond donors (Lipinski definition) is 2. The van der Waals surface area contributed by atoms with Gasteiger partial charge in [-0.15, -0.1) is 29.8 Å². The van der Waals surface area contributed by atoms with E-state index in [0.717, 1.165) is 6.21 Å². The molecule has 0 saturated heterocycles. The first-order valence-corrected chi connectivity index (χ1v) is 2.54. The Labute approximate surface area is 90.5 Å². The molecule has 0 amide bonds. The van der Waals surface area contributed by atoms with Crippen molar-refractivity contribution in [1.29, 1.82) is 5.41 Å². The Morgan fingerprint density at radius 3 is 2.55 bits per heavy atom. The van der Waals surface area contributed by atoms with Crippen molar-refractivity contribution in [3.8, 4) is 5.75 Å². The summed E-state index contributed by atoms with van der Waals surface area (Å²) >= 11 is 0. The monoisotopic (exact) mass is 373 g/mol. The fourth-order valence-electron chi connectivity index (χ4n) is 0.556. The SMILES string of the molecule is N=Cc1[c-]ccc(O)c1.[CH3-].[U+2]. The molecule has 0 aliphatic heterocycles. The summed E-state index contributed by atoms with van der Waals surface area (Å²) in [5, 5.41) is 15.6. The molecule has 11 heavy (non-hydrogen) atoms. The second-order valence-electron chi connectivity index (χ2n) is 1.65. The topological polar surface area (TPSA) is 44.1 Å². The van der Waals surface area contributed by atoms with E-state index in [1.54, 1.807) is 6.07 Å². The van der Waals surface area contributed by atoms with Crippen LogP contribution in [0.1, 0.15) is 5.56 Å². The second-order valence-corrected chi connectivity index (χ2v) is 1.65. The summed E-state index contributed by atoms with van der Waals surface area (Å²) in [6.07, 6.45) is 1.14. The quantitative estimate of drug-likeness (QED) is 0.571. The van der Waals surface area contributed by atoms with Gasteiger partial charge in [-0.05, 0) is 0 Å². The zero-order chi connectivity index (χ0) is 6.69. The van der Waals surface area contributed by atoms with E-state index < -0.39 is 0 Å². The maximum atomic E-state index is 8.82. The Morgan fingerprint density at radius 2 is 2.18 bits per heavy atom. The number of aromatic hydroxyl groups is 1. The van der Waals surface area contributed by atoms with Gasteiger partial charge in [-0.1, -0.05) is 6.21 Å². The van der Waals surface area contributed by atoms with Gasteiger partial charge in [0.15, 0.2) is 0 Å². The number of benzene rings is 1. The van der Waals surface area contributed by atoms with E-state index in [-0.39, 0.29) is 44.3 Å². The molecule has 2 nitrogen and oxygen atoms in total. The minimum atomic E-state index is 0. The van der Waals surface area contributed by atoms with E-state index in [0.29, 0.717) is 5.56 Å². The Bertz CT molecular complexity index is 225. The van der Waals surface area contributed by atoms with Gasteiger partial charge < -0.3 is 17.9 Å². The number of nitrogens with one attached hydrogen (secondary N) is 1. The molecular weight excluding hydrogens is 364 g/mol.